The number of ether oxygens (including phenoxy) is 1. The maximum atomic E-state index is 11.7. The molecule has 0 aromatic heterocycles. The number of nitrogens with one attached hydrogen (secondary N) is 1. The highest BCUT2D eigenvalue weighted by Crippen LogP contribution is 2.21. The van der Waals surface area contributed by atoms with Gasteiger partial charge in [0.05, 0.1) is 13.1 Å². The van der Waals surface area contributed by atoms with Crippen LogP contribution in [-0.2, 0) is 4.79 Å². The summed E-state index contributed by atoms with van der Waals surface area (Å²) >= 11 is 5.90. The number of rotatable bonds is 4. The van der Waals surface area contributed by atoms with E-state index in [1.54, 1.807) is 13.1 Å². The average molecular weight is 269 g/mol. The Bertz CT molecular complexity index is 425. The molecule has 2 rings (SSSR count). The molecule has 0 aliphatic carbocycles. The minimum Gasteiger partial charge on any atom is -0.488 e. The van der Waals surface area contributed by atoms with Crippen molar-refractivity contribution in [3.63, 3.8) is 0 Å². The van der Waals surface area contributed by atoms with Crippen molar-refractivity contribution in [3.8, 4) is 5.75 Å². The van der Waals surface area contributed by atoms with Crippen LogP contribution in [0.5, 0.6) is 5.75 Å². The molecule has 1 aliphatic rings. The highest BCUT2D eigenvalue weighted by Gasteiger charge is 2.26. The third-order valence-corrected chi connectivity index (χ3v) is 3.16. The second-order valence-electron chi connectivity index (χ2n) is 4.36. The van der Waals surface area contributed by atoms with Gasteiger partial charge in [0.1, 0.15) is 11.9 Å². The van der Waals surface area contributed by atoms with Crippen LogP contribution in [0.25, 0.3) is 0 Å². The Morgan fingerprint density at radius 1 is 1.61 bits per heavy atom. The molecule has 1 fully saturated rings. The molecule has 0 saturated carbocycles. The average Bonchev–Trinajstić information content (AvgIpc) is 2.78. The van der Waals surface area contributed by atoms with Gasteiger partial charge >= 0.3 is 0 Å². The van der Waals surface area contributed by atoms with E-state index < -0.39 is 0 Å². The van der Waals surface area contributed by atoms with Crippen molar-refractivity contribution in [2.45, 2.75) is 12.5 Å². The number of hydrogen-bond acceptors (Lipinski definition) is 3. The van der Waals surface area contributed by atoms with Crippen LogP contribution >= 0.6 is 11.6 Å². The molecule has 1 unspecified atom stereocenters. The number of likely N-dealkylation sites (tertiary alicyclic amines) is 1. The van der Waals surface area contributed by atoms with E-state index in [1.807, 2.05) is 23.1 Å². The number of hydrogen-bond donors (Lipinski definition) is 1. The van der Waals surface area contributed by atoms with Crippen molar-refractivity contribution in [1.29, 1.82) is 0 Å². The van der Waals surface area contributed by atoms with Crippen molar-refractivity contribution in [2.24, 2.45) is 0 Å². The molecule has 18 heavy (non-hydrogen) atoms. The van der Waals surface area contributed by atoms with Crippen molar-refractivity contribution >= 4 is 17.5 Å². The molecule has 0 bridgehead atoms. The summed E-state index contributed by atoms with van der Waals surface area (Å²) in [5, 5.41) is 3.53. The lowest BCUT2D eigenvalue weighted by Crippen LogP contribution is -2.36. The minimum absolute atomic E-state index is 0.0595. The summed E-state index contributed by atoms with van der Waals surface area (Å²) < 4.78 is 5.82. The zero-order valence-corrected chi connectivity index (χ0v) is 11.1. The summed E-state index contributed by atoms with van der Waals surface area (Å²) in [5.41, 5.74) is 0. The van der Waals surface area contributed by atoms with Crippen LogP contribution in [0.3, 0.4) is 0 Å². The van der Waals surface area contributed by atoms with E-state index in [0.717, 1.165) is 18.7 Å². The van der Waals surface area contributed by atoms with Gasteiger partial charge in [-0.3, -0.25) is 4.79 Å². The van der Waals surface area contributed by atoms with E-state index in [4.69, 9.17) is 16.3 Å². The predicted octanol–water partition coefficient (Wildman–Crippen LogP) is 1.54. The van der Waals surface area contributed by atoms with Crippen LogP contribution in [0.1, 0.15) is 6.42 Å². The molecular weight excluding hydrogens is 252 g/mol. The molecule has 4 nitrogen and oxygen atoms in total. The van der Waals surface area contributed by atoms with E-state index in [1.165, 1.54) is 0 Å². The van der Waals surface area contributed by atoms with Crippen molar-refractivity contribution in [3.05, 3.63) is 29.3 Å². The first-order valence-corrected chi connectivity index (χ1v) is 6.41. The molecule has 1 aliphatic heterocycles. The second kappa shape index (κ2) is 6.07. The fourth-order valence-electron chi connectivity index (χ4n) is 2.05. The number of nitrogens with zero attached hydrogens (tertiary/aromatic N) is 1. The Labute approximate surface area is 112 Å². The normalized spacial score (nSPS) is 19.0. The molecule has 1 aromatic rings. The van der Waals surface area contributed by atoms with Crippen molar-refractivity contribution in [1.82, 2.24) is 10.2 Å². The van der Waals surface area contributed by atoms with Gasteiger partial charge in [-0.15, -0.1) is 0 Å². The lowest BCUT2D eigenvalue weighted by Gasteiger charge is -2.17. The first-order valence-electron chi connectivity index (χ1n) is 6.03. The molecule has 1 N–H and O–H groups in total. The molecule has 0 spiro atoms. The van der Waals surface area contributed by atoms with Crippen molar-refractivity contribution < 1.29 is 9.53 Å². The summed E-state index contributed by atoms with van der Waals surface area (Å²) in [7, 11) is 1.77. The van der Waals surface area contributed by atoms with E-state index in [-0.39, 0.29) is 12.0 Å². The van der Waals surface area contributed by atoms with Gasteiger partial charge in [-0.1, -0.05) is 17.7 Å². The zero-order valence-electron chi connectivity index (χ0n) is 10.4. The van der Waals surface area contributed by atoms with Crippen LogP contribution in [0.2, 0.25) is 5.02 Å². The fourth-order valence-corrected chi connectivity index (χ4v) is 2.23. The standard InChI is InChI=1S/C13H17ClN2O2/c1-15-8-13(17)16-6-5-12(9-16)18-11-4-2-3-10(14)7-11/h2-4,7,12,15H,5-6,8-9H2,1H3. The van der Waals surface area contributed by atoms with Gasteiger partial charge in [0.15, 0.2) is 0 Å². The van der Waals surface area contributed by atoms with Crippen LogP contribution < -0.4 is 10.1 Å². The maximum absolute atomic E-state index is 11.7. The summed E-state index contributed by atoms with van der Waals surface area (Å²) in [6.07, 6.45) is 0.923. The number of carbonyl (C=O) groups excluding carboxylic acids is 1. The van der Waals surface area contributed by atoms with Gasteiger partial charge in [-0.25, -0.2) is 0 Å². The smallest absolute Gasteiger partial charge is 0.236 e. The van der Waals surface area contributed by atoms with Gasteiger partial charge < -0.3 is 15.0 Å². The predicted molar refractivity (Wildman–Crippen MR) is 71.0 cm³/mol. The highest BCUT2D eigenvalue weighted by atomic mass is 35.5. The zero-order chi connectivity index (χ0) is 13.0. The Morgan fingerprint density at radius 2 is 2.44 bits per heavy atom. The van der Waals surface area contributed by atoms with Gasteiger partial charge in [-0.2, -0.15) is 0 Å². The third kappa shape index (κ3) is 3.37. The van der Waals surface area contributed by atoms with Gasteiger partial charge in [-0.05, 0) is 25.2 Å². The SMILES string of the molecule is CNCC(=O)N1CCC(Oc2cccc(Cl)c2)C1. The molecular formula is C13H17ClN2O2. The first kappa shape index (κ1) is 13.2. The molecule has 1 aromatic carbocycles. The van der Waals surface area contributed by atoms with Gasteiger partial charge in [0.25, 0.3) is 0 Å². The van der Waals surface area contributed by atoms with Crippen LogP contribution in [0.4, 0.5) is 0 Å². The lowest BCUT2D eigenvalue weighted by molar-refractivity contribution is -0.129. The van der Waals surface area contributed by atoms with E-state index >= 15 is 0 Å². The fraction of sp³-hybridized carbons (Fsp3) is 0.462. The summed E-state index contributed by atoms with van der Waals surface area (Å²) in [6, 6.07) is 7.34. The number of likely N-dealkylation sites (N-methyl/N-ethyl adjacent to an activating group) is 1. The van der Waals surface area contributed by atoms with Crippen LogP contribution in [0.15, 0.2) is 24.3 Å². The molecule has 1 amide bonds. The third-order valence-electron chi connectivity index (χ3n) is 2.92. The summed E-state index contributed by atoms with van der Waals surface area (Å²) in [6.45, 7) is 1.78. The largest absolute Gasteiger partial charge is 0.488 e. The van der Waals surface area contributed by atoms with Gasteiger partial charge in [0, 0.05) is 18.0 Å². The van der Waals surface area contributed by atoms with E-state index in [9.17, 15) is 4.79 Å². The van der Waals surface area contributed by atoms with Gasteiger partial charge in [0.2, 0.25) is 5.91 Å². The Morgan fingerprint density at radius 3 is 3.17 bits per heavy atom. The first-order chi connectivity index (χ1) is 8.69. The monoisotopic (exact) mass is 268 g/mol. The van der Waals surface area contributed by atoms with E-state index in [2.05, 4.69) is 5.32 Å². The molecule has 98 valence electrons. The summed E-state index contributed by atoms with van der Waals surface area (Å²) in [5.74, 6) is 0.880. The summed E-state index contributed by atoms with van der Waals surface area (Å²) in [4.78, 5) is 13.5. The second-order valence-corrected chi connectivity index (χ2v) is 4.79. The quantitative estimate of drug-likeness (QED) is 0.901. The molecule has 1 saturated heterocycles. The highest BCUT2D eigenvalue weighted by molar-refractivity contribution is 6.30. The number of halogens is 1. The maximum Gasteiger partial charge on any atom is 0.236 e. The number of carbonyl (C=O) groups is 1. The molecule has 5 heteroatoms. The minimum atomic E-state index is 0.0595. The molecule has 1 atom stereocenters. The van der Waals surface area contributed by atoms with Crippen LogP contribution in [0, 0.1) is 0 Å². The Hall–Kier alpha value is -1.26. The number of benzene rings is 1. The van der Waals surface area contributed by atoms with Crippen LogP contribution in [-0.4, -0.2) is 43.6 Å². The number of amides is 1. The van der Waals surface area contributed by atoms with Crippen molar-refractivity contribution in [2.75, 3.05) is 26.7 Å². The lowest BCUT2D eigenvalue weighted by atomic mass is 10.3. The Kier molecular flexibility index (Phi) is 4.44. The molecule has 0 radical (unpaired) electrons. The molecule has 1 heterocycles. The Balaban J connectivity index is 1.88. The van der Waals surface area contributed by atoms with E-state index in [0.29, 0.717) is 18.1 Å². The topological polar surface area (TPSA) is 41.6 Å².